The van der Waals surface area contributed by atoms with Gasteiger partial charge < -0.3 is 19.9 Å². The van der Waals surface area contributed by atoms with Gasteiger partial charge in [0.05, 0.1) is 13.5 Å². The van der Waals surface area contributed by atoms with Crippen molar-refractivity contribution in [3.05, 3.63) is 54.1 Å². The number of methoxy groups -OCH3 is 1. The van der Waals surface area contributed by atoms with Crippen LogP contribution >= 0.6 is 12.2 Å². The van der Waals surface area contributed by atoms with Crippen molar-refractivity contribution in [3.63, 3.8) is 0 Å². The maximum absolute atomic E-state index is 12.8. The molecule has 2 fully saturated rings. The molecule has 0 radical (unpaired) electrons. The summed E-state index contributed by atoms with van der Waals surface area (Å²) in [4.78, 5) is 42.4. The van der Waals surface area contributed by atoms with E-state index >= 15 is 0 Å². The van der Waals surface area contributed by atoms with E-state index in [1.165, 1.54) is 4.90 Å². The van der Waals surface area contributed by atoms with Gasteiger partial charge in [-0.15, -0.1) is 0 Å². The second kappa shape index (κ2) is 9.58. The molecule has 0 aliphatic carbocycles. The van der Waals surface area contributed by atoms with Crippen molar-refractivity contribution >= 4 is 46.4 Å². The summed E-state index contributed by atoms with van der Waals surface area (Å²) in [7, 11) is 3.20. The summed E-state index contributed by atoms with van der Waals surface area (Å²) in [6.07, 6.45) is 1.44. The quantitative estimate of drug-likeness (QED) is 0.632. The maximum Gasteiger partial charge on any atom is 0.251 e. The Balaban J connectivity index is 1.44. The third kappa shape index (κ3) is 4.83. The Morgan fingerprint density at radius 2 is 1.82 bits per heavy atom. The second-order valence-electron chi connectivity index (χ2n) is 8.12. The zero-order valence-corrected chi connectivity index (χ0v) is 19.4. The molecule has 2 aromatic rings. The molecule has 172 valence electrons. The molecule has 0 spiro atoms. The molecule has 0 bridgehead atoms. The third-order valence-corrected chi connectivity index (χ3v) is 6.46. The first-order valence-corrected chi connectivity index (χ1v) is 11.2. The number of carbonyl (C=O) groups excluding carboxylic acids is 3. The zero-order chi connectivity index (χ0) is 23.5. The Morgan fingerprint density at radius 1 is 1.12 bits per heavy atom. The molecule has 0 saturated carbocycles. The Hall–Kier alpha value is -3.46. The summed E-state index contributed by atoms with van der Waals surface area (Å²) < 4.78 is 5.13. The minimum absolute atomic E-state index is 0.0181. The van der Waals surface area contributed by atoms with Crippen LogP contribution in [-0.2, 0) is 20.9 Å². The maximum atomic E-state index is 12.8. The van der Waals surface area contributed by atoms with Gasteiger partial charge in [0, 0.05) is 37.9 Å². The van der Waals surface area contributed by atoms with Gasteiger partial charge in [-0.3, -0.25) is 19.3 Å². The Bertz CT molecular complexity index is 1070. The molecule has 1 N–H and O–H groups in total. The average Bonchev–Trinajstić information content (AvgIpc) is 3.33. The van der Waals surface area contributed by atoms with E-state index < -0.39 is 6.04 Å². The number of nitrogens with zero attached hydrogens (tertiary/aromatic N) is 3. The van der Waals surface area contributed by atoms with Crippen LogP contribution in [0, 0.1) is 0 Å². The molecule has 33 heavy (non-hydrogen) atoms. The molecule has 2 aromatic carbocycles. The van der Waals surface area contributed by atoms with Gasteiger partial charge in [-0.1, -0.05) is 12.1 Å². The lowest BCUT2D eigenvalue weighted by molar-refractivity contribution is -0.130. The van der Waals surface area contributed by atoms with Crippen LogP contribution in [0.25, 0.3) is 0 Å². The van der Waals surface area contributed by atoms with E-state index in [2.05, 4.69) is 5.32 Å². The Labute approximate surface area is 198 Å². The minimum Gasteiger partial charge on any atom is -0.497 e. The first-order chi connectivity index (χ1) is 15.9. The lowest BCUT2D eigenvalue weighted by Crippen LogP contribution is -2.37. The second-order valence-corrected chi connectivity index (χ2v) is 8.48. The van der Waals surface area contributed by atoms with Crippen LogP contribution in [0.3, 0.4) is 0 Å². The molecule has 0 aromatic heterocycles. The van der Waals surface area contributed by atoms with Crippen LogP contribution in [0.4, 0.5) is 11.4 Å². The molecule has 2 aliphatic rings. The highest BCUT2D eigenvalue weighted by atomic mass is 32.1. The van der Waals surface area contributed by atoms with E-state index in [1.807, 2.05) is 24.3 Å². The molecule has 2 aliphatic heterocycles. The molecule has 2 saturated heterocycles. The molecule has 9 heteroatoms. The summed E-state index contributed by atoms with van der Waals surface area (Å²) in [5, 5.41) is 3.21. The predicted octanol–water partition coefficient (Wildman–Crippen LogP) is 2.78. The number of rotatable bonds is 7. The minimum atomic E-state index is -0.680. The molecular weight excluding hydrogens is 440 g/mol. The van der Waals surface area contributed by atoms with Crippen LogP contribution in [0.1, 0.15) is 24.8 Å². The topological polar surface area (TPSA) is 82.2 Å². The molecule has 8 nitrogen and oxygen atoms in total. The summed E-state index contributed by atoms with van der Waals surface area (Å²) in [5.41, 5.74) is 2.44. The highest BCUT2D eigenvalue weighted by Crippen LogP contribution is 2.26. The SMILES string of the molecule is COc1ccc(NC(=O)C[C@@H]2C(=O)N(C)C(=S)N2Cc2ccc(N3CCCC3=O)cc2)cc1. The van der Waals surface area contributed by atoms with E-state index in [-0.39, 0.29) is 24.1 Å². The van der Waals surface area contributed by atoms with Crippen LogP contribution < -0.4 is 15.0 Å². The predicted molar refractivity (Wildman–Crippen MR) is 129 cm³/mol. The third-order valence-electron chi connectivity index (χ3n) is 5.95. The number of ether oxygens (including phenoxy) is 1. The lowest BCUT2D eigenvalue weighted by Gasteiger charge is -2.24. The van der Waals surface area contributed by atoms with Crippen molar-refractivity contribution in [3.8, 4) is 5.75 Å². The van der Waals surface area contributed by atoms with Crippen molar-refractivity contribution in [1.82, 2.24) is 9.80 Å². The summed E-state index contributed by atoms with van der Waals surface area (Å²) in [6.45, 7) is 1.13. The number of hydrogen-bond acceptors (Lipinski definition) is 5. The van der Waals surface area contributed by atoms with E-state index in [9.17, 15) is 14.4 Å². The van der Waals surface area contributed by atoms with Gasteiger partial charge in [0.25, 0.3) is 5.91 Å². The number of nitrogens with one attached hydrogen (secondary N) is 1. The van der Waals surface area contributed by atoms with Crippen LogP contribution in [0.15, 0.2) is 48.5 Å². The van der Waals surface area contributed by atoms with Crippen molar-refractivity contribution in [2.75, 3.05) is 30.9 Å². The van der Waals surface area contributed by atoms with Crippen molar-refractivity contribution in [2.45, 2.75) is 31.8 Å². The number of anilines is 2. The fraction of sp³-hybridized carbons (Fsp3) is 0.333. The van der Waals surface area contributed by atoms with Crippen LogP contribution in [-0.4, -0.2) is 59.4 Å². The van der Waals surface area contributed by atoms with Gasteiger partial charge in [0.1, 0.15) is 11.8 Å². The lowest BCUT2D eigenvalue weighted by atomic mass is 10.1. The molecular formula is C24H26N4O4S. The van der Waals surface area contributed by atoms with Crippen LogP contribution in [0.5, 0.6) is 5.75 Å². The summed E-state index contributed by atoms with van der Waals surface area (Å²) in [5.74, 6) is 0.351. The number of hydrogen-bond donors (Lipinski definition) is 1. The average molecular weight is 467 g/mol. The fourth-order valence-corrected chi connectivity index (χ4v) is 4.40. The standard InChI is InChI=1S/C24H26N4O4S/c1-26-23(31)20(14-21(29)25-17-7-11-19(32-2)12-8-17)28(24(26)33)15-16-5-9-18(10-6-16)27-13-3-4-22(27)30/h5-12,20H,3-4,13-15H2,1-2H3,(H,25,29)/t20-/m1/s1. The smallest absolute Gasteiger partial charge is 0.251 e. The number of benzene rings is 2. The zero-order valence-electron chi connectivity index (χ0n) is 18.6. The highest BCUT2D eigenvalue weighted by Gasteiger charge is 2.41. The molecule has 3 amide bonds. The number of likely N-dealkylation sites (N-methyl/N-ethyl adjacent to an activating group) is 1. The summed E-state index contributed by atoms with van der Waals surface area (Å²) >= 11 is 5.49. The largest absolute Gasteiger partial charge is 0.497 e. The van der Waals surface area contributed by atoms with E-state index in [4.69, 9.17) is 17.0 Å². The van der Waals surface area contributed by atoms with Gasteiger partial charge in [0.15, 0.2) is 5.11 Å². The van der Waals surface area contributed by atoms with Gasteiger partial charge in [-0.25, -0.2) is 0 Å². The van der Waals surface area contributed by atoms with E-state index in [0.717, 1.165) is 24.2 Å². The first kappa shape index (κ1) is 22.7. The van der Waals surface area contributed by atoms with E-state index in [0.29, 0.717) is 29.5 Å². The molecule has 1 atom stereocenters. The highest BCUT2D eigenvalue weighted by molar-refractivity contribution is 7.80. The number of carbonyl (C=O) groups is 3. The van der Waals surface area contributed by atoms with Gasteiger partial charge in [-0.05, 0) is 60.6 Å². The van der Waals surface area contributed by atoms with Crippen molar-refractivity contribution in [1.29, 1.82) is 0 Å². The van der Waals surface area contributed by atoms with Crippen molar-refractivity contribution in [2.24, 2.45) is 0 Å². The molecule has 4 rings (SSSR count). The monoisotopic (exact) mass is 466 g/mol. The van der Waals surface area contributed by atoms with Crippen LogP contribution in [0.2, 0.25) is 0 Å². The van der Waals surface area contributed by atoms with E-state index in [1.54, 1.807) is 48.2 Å². The van der Waals surface area contributed by atoms with Gasteiger partial charge >= 0.3 is 0 Å². The molecule has 2 heterocycles. The van der Waals surface area contributed by atoms with Gasteiger partial charge in [-0.2, -0.15) is 0 Å². The normalized spacial score (nSPS) is 18.3. The Morgan fingerprint density at radius 3 is 2.42 bits per heavy atom. The molecule has 0 unspecified atom stereocenters. The number of thiocarbonyl (C=S) groups is 1. The fourth-order valence-electron chi connectivity index (χ4n) is 4.11. The number of amides is 3. The Kier molecular flexibility index (Phi) is 6.60. The summed E-state index contributed by atoms with van der Waals surface area (Å²) in [6, 6.07) is 14.0. The van der Waals surface area contributed by atoms with Gasteiger partial charge in [0.2, 0.25) is 11.8 Å². The van der Waals surface area contributed by atoms with Crippen molar-refractivity contribution < 1.29 is 19.1 Å². The first-order valence-electron chi connectivity index (χ1n) is 10.8.